The van der Waals surface area contributed by atoms with Gasteiger partial charge in [-0.1, -0.05) is 27.7 Å². The molecule has 0 fully saturated rings. The minimum absolute atomic E-state index is 0.233. The first-order valence-corrected chi connectivity index (χ1v) is 5.29. The van der Waals surface area contributed by atoms with Gasteiger partial charge in [-0.3, -0.25) is 4.99 Å². The van der Waals surface area contributed by atoms with E-state index < -0.39 is 0 Å². The second kappa shape index (κ2) is 6.82. The van der Waals surface area contributed by atoms with Crippen LogP contribution in [0.25, 0.3) is 0 Å². The SMILES string of the molecule is CCCOC=NCC(NC)C(C)(C)C. The van der Waals surface area contributed by atoms with Crippen LogP contribution in [-0.4, -0.2) is 32.6 Å². The number of hydrogen-bond donors (Lipinski definition) is 1. The van der Waals surface area contributed by atoms with Crippen molar-refractivity contribution in [3.63, 3.8) is 0 Å². The van der Waals surface area contributed by atoms with E-state index in [0.717, 1.165) is 19.6 Å². The van der Waals surface area contributed by atoms with Crippen LogP contribution in [0.4, 0.5) is 0 Å². The maximum Gasteiger partial charge on any atom is 0.169 e. The summed E-state index contributed by atoms with van der Waals surface area (Å²) in [6, 6.07) is 0.393. The molecular weight excluding hydrogens is 176 g/mol. The molecule has 1 unspecified atom stereocenters. The Morgan fingerprint density at radius 1 is 1.43 bits per heavy atom. The van der Waals surface area contributed by atoms with E-state index in [1.165, 1.54) is 0 Å². The normalized spacial score (nSPS) is 14.6. The molecule has 0 aromatic carbocycles. The highest BCUT2D eigenvalue weighted by atomic mass is 16.5. The fourth-order valence-corrected chi connectivity index (χ4v) is 1.17. The highest BCUT2D eigenvalue weighted by Gasteiger charge is 2.21. The molecule has 84 valence electrons. The van der Waals surface area contributed by atoms with Crippen LogP contribution in [0.2, 0.25) is 0 Å². The summed E-state index contributed by atoms with van der Waals surface area (Å²) in [7, 11) is 1.97. The molecule has 0 saturated heterocycles. The van der Waals surface area contributed by atoms with E-state index in [0.29, 0.717) is 6.04 Å². The number of aliphatic imine (C=N–C) groups is 1. The van der Waals surface area contributed by atoms with E-state index in [2.05, 4.69) is 38.0 Å². The fourth-order valence-electron chi connectivity index (χ4n) is 1.17. The molecule has 0 saturated carbocycles. The van der Waals surface area contributed by atoms with Crippen molar-refractivity contribution in [2.45, 2.75) is 40.2 Å². The third-order valence-electron chi connectivity index (χ3n) is 2.15. The number of nitrogens with zero attached hydrogens (tertiary/aromatic N) is 1. The van der Waals surface area contributed by atoms with Gasteiger partial charge in [-0.25, -0.2) is 0 Å². The van der Waals surface area contributed by atoms with Gasteiger partial charge in [0.25, 0.3) is 0 Å². The summed E-state index contributed by atoms with van der Waals surface area (Å²) in [5.41, 5.74) is 0.233. The quantitative estimate of drug-likeness (QED) is 0.404. The van der Waals surface area contributed by atoms with Crippen molar-refractivity contribution < 1.29 is 4.74 Å². The lowest BCUT2D eigenvalue weighted by Crippen LogP contribution is -2.40. The lowest BCUT2D eigenvalue weighted by atomic mass is 9.87. The van der Waals surface area contributed by atoms with Gasteiger partial charge >= 0.3 is 0 Å². The number of rotatable bonds is 6. The molecule has 0 aromatic rings. The largest absolute Gasteiger partial charge is 0.484 e. The molecule has 0 radical (unpaired) electrons. The predicted octanol–water partition coefficient (Wildman–Crippen LogP) is 2.08. The highest BCUT2D eigenvalue weighted by Crippen LogP contribution is 2.18. The van der Waals surface area contributed by atoms with Gasteiger partial charge in [0.05, 0.1) is 13.2 Å². The van der Waals surface area contributed by atoms with Gasteiger partial charge in [-0.05, 0) is 18.9 Å². The zero-order valence-corrected chi connectivity index (χ0v) is 10.1. The average molecular weight is 200 g/mol. The van der Waals surface area contributed by atoms with Crippen LogP contribution in [-0.2, 0) is 4.74 Å². The number of ether oxygens (including phenoxy) is 1. The van der Waals surface area contributed by atoms with Crippen molar-refractivity contribution in [2.24, 2.45) is 10.4 Å². The molecule has 0 aromatic heterocycles. The van der Waals surface area contributed by atoms with E-state index in [1.807, 2.05) is 7.05 Å². The molecule has 0 rings (SSSR count). The van der Waals surface area contributed by atoms with Gasteiger partial charge in [0.15, 0.2) is 6.40 Å². The van der Waals surface area contributed by atoms with Crippen molar-refractivity contribution >= 4 is 6.40 Å². The zero-order valence-electron chi connectivity index (χ0n) is 10.1. The van der Waals surface area contributed by atoms with Gasteiger partial charge < -0.3 is 10.1 Å². The number of nitrogens with one attached hydrogen (secondary N) is 1. The Morgan fingerprint density at radius 2 is 2.07 bits per heavy atom. The Bertz CT molecular complexity index is 161. The summed E-state index contributed by atoms with van der Waals surface area (Å²) in [5.74, 6) is 0. The topological polar surface area (TPSA) is 33.6 Å². The summed E-state index contributed by atoms with van der Waals surface area (Å²) in [6.07, 6.45) is 2.60. The second-order valence-corrected chi connectivity index (χ2v) is 4.55. The van der Waals surface area contributed by atoms with Crippen molar-refractivity contribution in [1.29, 1.82) is 0 Å². The smallest absolute Gasteiger partial charge is 0.169 e. The van der Waals surface area contributed by atoms with E-state index in [-0.39, 0.29) is 5.41 Å². The minimum Gasteiger partial charge on any atom is -0.484 e. The summed E-state index contributed by atoms with van der Waals surface area (Å²) < 4.78 is 5.17. The highest BCUT2D eigenvalue weighted by molar-refractivity contribution is 5.46. The minimum atomic E-state index is 0.233. The monoisotopic (exact) mass is 200 g/mol. The standard InChI is InChI=1S/C11H24N2O/c1-6-7-14-9-13-8-10(12-5)11(2,3)4/h9-10,12H,6-8H2,1-5H3. The van der Waals surface area contributed by atoms with Crippen molar-refractivity contribution in [3.8, 4) is 0 Å². The molecule has 0 amide bonds. The van der Waals surface area contributed by atoms with Crippen molar-refractivity contribution in [3.05, 3.63) is 0 Å². The molecule has 3 nitrogen and oxygen atoms in total. The summed E-state index contributed by atoms with van der Waals surface area (Å²) in [5, 5.41) is 3.26. The summed E-state index contributed by atoms with van der Waals surface area (Å²) >= 11 is 0. The molecule has 0 aliphatic heterocycles. The van der Waals surface area contributed by atoms with Crippen molar-refractivity contribution in [2.75, 3.05) is 20.2 Å². The van der Waals surface area contributed by atoms with Crippen LogP contribution >= 0.6 is 0 Å². The number of likely N-dealkylation sites (N-methyl/N-ethyl adjacent to an activating group) is 1. The molecule has 0 heterocycles. The van der Waals surface area contributed by atoms with E-state index in [9.17, 15) is 0 Å². The van der Waals surface area contributed by atoms with Crippen LogP contribution < -0.4 is 5.32 Å². The third-order valence-corrected chi connectivity index (χ3v) is 2.15. The number of hydrogen-bond acceptors (Lipinski definition) is 3. The summed E-state index contributed by atoms with van der Waals surface area (Å²) in [4.78, 5) is 4.24. The van der Waals surface area contributed by atoms with E-state index in [4.69, 9.17) is 4.74 Å². The van der Waals surface area contributed by atoms with Crippen LogP contribution in [0.1, 0.15) is 34.1 Å². The molecular formula is C11H24N2O. The molecule has 0 bridgehead atoms. The predicted molar refractivity (Wildman–Crippen MR) is 61.9 cm³/mol. The third kappa shape index (κ3) is 5.97. The van der Waals surface area contributed by atoms with Gasteiger partial charge in [0.1, 0.15) is 0 Å². The van der Waals surface area contributed by atoms with Gasteiger partial charge in [0, 0.05) is 6.04 Å². The Balaban J connectivity index is 3.79. The lowest BCUT2D eigenvalue weighted by molar-refractivity contribution is 0.283. The van der Waals surface area contributed by atoms with Gasteiger partial charge in [-0.2, -0.15) is 0 Å². The molecule has 0 aliphatic carbocycles. The van der Waals surface area contributed by atoms with Gasteiger partial charge in [0.2, 0.25) is 0 Å². The molecule has 0 spiro atoms. The maximum absolute atomic E-state index is 5.17. The Hall–Kier alpha value is -0.570. The first-order chi connectivity index (χ1) is 6.52. The van der Waals surface area contributed by atoms with Crippen LogP contribution in [0.15, 0.2) is 4.99 Å². The Kier molecular flexibility index (Phi) is 6.54. The van der Waals surface area contributed by atoms with Crippen molar-refractivity contribution in [1.82, 2.24) is 5.32 Å². The zero-order chi connectivity index (χ0) is 11.0. The fraction of sp³-hybridized carbons (Fsp3) is 0.909. The van der Waals surface area contributed by atoms with Crippen LogP contribution in [0.3, 0.4) is 0 Å². The second-order valence-electron chi connectivity index (χ2n) is 4.55. The first kappa shape index (κ1) is 13.4. The Morgan fingerprint density at radius 3 is 2.50 bits per heavy atom. The van der Waals surface area contributed by atoms with E-state index in [1.54, 1.807) is 6.40 Å². The maximum atomic E-state index is 5.17. The van der Waals surface area contributed by atoms with Gasteiger partial charge in [-0.15, -0.1) is 0 Å². The van der Waals surface area contributed by atoms with Crippen LogP contribution in [0.5, 0.6) is 0 Å². The Labute approximate surface area is 87.9 Å². The lowest BCUT2D eigenvalue weighted by Gasteiger charge is -2.28. The van der Waals surface area contributed by atoms with E-state index >= 15 is 0 Å². The molecule has 14 heavy (non-hydrogen) atoms. The average Bonchev–Trinajstić information content (AvgIpc) is 2.09. The molecule has 3 heteroatoms. The summed E-state index contributed by atoms with van der Waals surface area (Å²) in [6.45, 7) is 10.2. The first-order valence-electron chi connectivity index (χ1n) is 5.29. The molecule has 0 aliphatic rings. The molecule has 1 atom stereocenters. The van der Waals surface area contributed by atoms with Crippen LogP contribution in [0, 0.1) is 5.41 Å². The molecule has 1 N–H and O–H groups in total.